The molecule has 0 aliphatic carbocycles. The van der Waals surface area contributed by atoms with Crippen LogP contribution < -0.4 is 4.90 Å². The van der Waals surface area contributed by atoms with Gasteiger partial charge in [-0.1, -0.05) is 24.3 Å². The van der Waals surface area contributed by atoms with E-state index in [0.29, 0.717) is 11.3 Å². The SMILES string of the molecule is N#Cc1cccc(CN2CCN(c3ccccc3O)CC2)c1. The molecule has 2 aromatic carbocycles. The van der Waals surface area contributed by atoms with Crippen LogP contribution in [0.25, 0.3) is 0 Å². The van der Waals surface area contributed by atoms with E-state index in [0.717, 1.165) is 38.4 Å². The number of hydrogen-bond acceptors (Lipinski definition) is 4. The fourth-order valence-electron chi connectivity index (χ4n) is 2.88. The molecule has 4 nitrogen and oxygen atoms in total. The summed E-state index contributed by atoms with van der Waals surface area (Å²) in [4.78, 5) is 4.60. The first-order chi connectivity index (χ1) is 10.8. The predicted molar refractivity (Wildman–Crippen MR) is 86.8 cm³/mol. The zero-order valence-electron chi connectivity index (χ0n) is 12.4. The molecule has 22 heavy (non-hydrogen) atoms. The number of anilines is 1. The number of phenolic OH excluding ortho intramolecular Hbond substituents is 1. The first-order valence-corrected chi connectivity index (χ1v) is 7.50. The number of rotatable bonds is 3. The third kappa shape index (κ3) is 3.21. The quantitative estimate of drug-likeness (QED) is 0.945. The van der Waals surface area contributed by atoms with E-state index in [9.17, 15) is 5.11 Å². The molecule has 0 aromatic heterocycles. The highest BCUT2D eigenvalue weighted by Gasteiger charge is 2.19. The fourth-order valence-corrected chi connectivity index (χ4v) is 2.88. The largest absolute Gasteiger partial charge is 0.506 e. The van der Waals surface area contributed by atoms with Gasteiger partial charge in [-0.05, 0) is 29.8 Å². The van der Waals surface area contributed by atoms with Crippen LogP contribution in [0.5, 0.6) is 5.75 Å². The van der Waals surface area contributed by atoms with Crippen molar-refractivity contribution < 1.29 is 5.11 Å². The van der Waals surface area contributed by atoms with Crippen molar-refractivity contribution in [3.63, 3.8) is 0 Å². The van der Waals surface area contributed by atoms with E-state index in [1.165, 1.54) is 5.56 Å². The van der Waals surface area contributed by atoms with Crippen LogP contribution in [0.4, 0.5) is 5.69 Å². The molecule has 0 bridgehead atoms. The Hall–Kier alpha value is -2.51. The average molecular weight is 293 g/mol. The maximum atomic E-state index is 9.94. The summed E-state index contributed by atoms with van der Waals surface area (Å²) in [6.45, 7) is 4.56. The third-order valence-corrected chi connectivity index (χ3v) is 4.06. The Morgan fingerprint density at radius 3 is 2.50 bits per heavy atom. The summed E-state index contributed by atoms with van der Waals surface area (Å²) in [7, 11) is 0. The Morgan fingerprint density at radius 2 is 1.77 bits per heavy atom. The maximum absolute atomic E-state index is 9.94. The zero-order chi connectivity index (χ0) is 15.4. The van der Waals surface area contributed by atoms with Gasteiger partial charge in [0.15, 0.2) is 0 Å². The fraction of sp³-hybridized carbons (Fsp3) is 0.278. The van der Waals surface area contributed by atoms with Crippen molar-refractivity contribution in [3.05, 3.63) is 59.7 Å². The van der Waals surface area contributed by atoms with Gasteiger partial charge in [-0.3, -0.25) is 4.90 Å². The highest BCUT2D eigenvalue weighted by molar-refractivity contribution is 5.57. The van der Waals surface area contributed by atoms with Crippen molar-refractivity contribution in [2.75, 3.05) is 31.1 Å². The van der Waals surface area contributed by atoms with Crippen molar-refractivity contribution in [1.29, 1.82) is 5.26 Å². The molecule has 2 aromatic rings. The molecule has 1 aliphatic rings. The van der Waals surface area contributed by atoms with Gasteiger partial charge in [-0.15, -0.1) is 0 Å². The van der Waals surface area contributed by atoms with E-state index in [1.807, 2.05) is 36.4 Å². The van der Waals surface area contributed by atoms with Crippen LogP contribution in [0.1, 0.15) is 11.1 Å². The Kier molecular flexibility index (Phi) is 4.27. The lowest BCUT2D eigenvalue weighted by Gasteiger charge is -2.36. The predicted octanol–water partition coefficient (Wildman–Crippen LogP) is 2.59. The summed E-state index contributed by atoms with van der Waals surface area (Å²) < 4.78 is 0. The van der Waals surface area contributed by atoms with Crippen LogP contribution in [-0.2, 0) is 6.54 Å². The molecule has 3 rings (SSSR count). The molecule has 0 radical (unpaired) electrons. The standard InChI is InChI=1S/C18H19N3O/c19-13-15-4-3-5-16(12-15)14-20-8-10-21(11-9-20)17-6-1-2-7-18(17)22/h1-7,12,22H,8-11,14H2. The van der Waals surface area contributed by atoms with Gasteiger partial charge >= 0.3 is 0 Å². The van der Waals surface area contributed by atoms with Crippen LogP contribution >= 0.6 is 0 Å². The molecule has 112 valence electrons. The molecule has 4 heteroatoms. The molecule has 0 unspecified atom stereocenters. The molecule has 1 heterocycles. The van der Waals surface area contributed by atoms with Crippen molar-refractivity contribution in [2.45, 2.75) is 6.54 Å². The number of phenols is 1. The van der Waals surface area contributed by atoms with Crippen LogP contribution in [0.15, 0.2) is 48.5 Å². The van der Waals surface area contributed by atoms with Gasteiger partial charge in [0.1, 0.15) is 5.75 Å². The lowest BCUT2D eigenvalue weighted by atomic mass is 10.1. The van der Waals surface area contributed by atoms with Crippen molar-refractivity contribution in [2.24, 2.45) is 0 Å². The summed E-state index contributed by atoms with van der Waals surface area (Å²) in [6, 6.07) is 17.5. The second-order valence-electron chi connectivity index (χ2n) is 5.56. The van der Waals surface area contributed by atoms with E-state index in [2.05, 4.69) is 21.9 Å². The summed E-state index contributed by atoms with van der Waals surface area (Å²) in [5, 5.41) is 18.9. The summed E-state index contributed by atoms with van der Waals surface area (Å²) in [5.41, 5.74) is 2.80. The van der Waals surface area contributed by atoms with Crippen molar-refractivity contribution >= 4 is 5.69 Å². The van der Waals surface area contributed by atoms with Crippen LogP contribution in [0.3, 0.4) is 0 Å². The van der Waals surface area contributed by atoms with Gasteiger partial charge in [0, 0.05) is 32.7 Å². The summed E-state index contributed by atoms with van der Waals surface area (Å²) in [5.74, 6) is 0.345. The number of aromatic hydroxyl groups is 1. The minimum atomic E-state index is 0.345. The van der Waals surface area contributed by atoms with E-state index in [1.54, 1.807) is 6.07 Å². The molecule has 1 fully saturated rings. The number of benzene rings is 2. The highest BCUT2D eigenvalue weighted by Crippen LogP contribution is 2.27. The molecule has 0 saturated carbocycles. The monoisotopic (exact) mass is 293 g/mol. The van der Waals surface area contributed by atoms with E-state index in [4.69, 9.17) is 5.26 Å². The van der Waals surface area contributed by atoms with Crippen molar-refractivity contribution in [3.8, 4) is 11.8 Å². The molecule has 0 spiro atoms. The molecule has 0 atom stereocenters. The highest BCUT2D eigenvalue weighted by atomic mass is 16.3. The molecule has 0 amide bonds. The second-order valence-corrected chi connectivity index (χ2v) is 5.56. The third-order valence-electron chi connectivity index (χ3n) is 4.06. The number of piperazine rings is 1. The first-order valence-electron chi connectivity index (χ1n) is 7.50. The molecule has 1 saturated heterocycles. The lowest BCUT2D eigenvalue weighted by molar-refractivity contribution is 0.249. The minimum absolute atomic E-state index is 0.345. The van der Waals surface area contributed by atoms with Crippen LogP contribution in [0, 0.1) is 11.3 Å². The number of nitriles is 1. The number of hydrogen-bond donors (Lipinski definition) is 1. The van der Waals surface area contributed by atoms with E-state index >= 15 is 0 Å². The molecular weight excluding hydrogens is 274 g/mol. The van der Waals surface area contributed by atoms with E-state index in [-0.39, 0.29) is 0 Å². The first kappa shape index (κ1) is 14.4. The topological polar surface area (TPSA) is 50.5 Å². The molecule has 1 aliphatic heterocycles. The minimum Gasteiger partial charge on any atom is -0.506 e. The van der Waals surface area contributed by atoms with E-state index < -0.39 is 0 Å². The van der Waals surface area contributed by atoms with Gasteiger partial charge < -0.3 is 10.0 Å². The average Bonchev–Trinajstić information content (AvgIpc) is 2.56. The molecular formula is C18H19N3O. The van der Waals surface area contributed by atoms with Gasteiger partial charge in [0.05, 0.1) is 17.3 Å². The zero-order valence-corrected chi connectivity index (χ0v) is 12.4. The Labute approximate surface area is 130 Å². The van der Waals surface area contributed by atoms with Gasteiger partial charge in [-0.25, -0.2) is 0 Å². The summed E-state index contributed by atoms with van der Waals surface area (Å²) >= 11 is 0. The van der Waals surface area contributed by atoms with Gasteiger partial charge in [0.2, 0.25) is 0 Å². The van der Waals surface area contributed by atoms with Gasteiger partial charge in [0.25, 0.3) is 0 Å². The smallest absolute Gasteiger partial charge is 0.138 e. The number of nitrogens with zero attached hydrogens (tertiary/aromatic N) is 3. The van der Waals surface area contributed by atoms with Crippen molar-refractivity contribution in [1.82, 2.24) is 4.90 Å². The Balaban J connectivity index is 1.60. The second kappa shape index (κ2) is 6.50. The Morgan fingerprint density at radius 1 is 1.00 bits per heavy atom. The lowest BCUT2D eigenvalue weighted by Crippen LogP contribution is -2.46. The van der Waals surface area contributed by atoms with Crippen LogP contribution in [-0.4, -0.2) is 36.2 Å². The molecule has 1 N–H and O–H groups in total. The van der Waals surface area contributed by atoms with Crippen LogP contribution in [0.2, 0.25) is 0 Å². The maximum Gasteiger partial charge on any atom is 0.138 e. The number of para-hydroxylation sites is 2. The van der Waals surface area contributed by atoms with Gasteiger partial charge in [-0.2, -0.15) is 5.26 Å². The Bertz CT molecular complexity index is 685. The summed E-state index contributed by atoms with van der Waals surface area (Å²) in [6.07, 6.45) is 0. The normalized spacial score (nSPS) is 15.5.